The monoisotopic (exact) mass is 372 g/mol. The Bertz CT molecular complexity index is 750. The second kappa shape index (κ2) is 8.04. The van der Waals surface area contributed by atoms with E-state index in [2.05, 4.69) is 24.6 Å². The predicted octanol–water partition coefficient (Wildman–Crippen LogP) is 0.598. The Hall–Kier alpha value is -1.14. The molecule has 1 saturated heterocycles. The SMILES string of the molecule is C=P(C)(C)CC[C@H]1OC(c2cn(CCCC)c(=O)[nH]c2=O)[C@H](O)[C@@H]1O. The zero-order valence-corrected chi connectivity index (χ0v) is 16.0. The van der Waals surface area contributed by atoms with E-state index >= 15 is 0 Å². The van der Waals surface area contributed by atoms with E-state index in [0.29, 0.717) is 13.0 Å². The fraction of sp³-hybridized carbons (Fsp3) is 0.706. The number of H-pyrrole nitrogens is 1. The van der Waals surface area contributed by atoms with E-state index in [1.54, 1.807) is 0 Å². The first kappa shape index (κ1) is 20.2. The molecule has 0 aliphatic carbocycles. The maximum absolute atomic E-state index is 12.2. The standard InChI is InChI=1S/C17H29N2O5P/c1-5-6-8-19-10-11(16(22)18-17(19)23)15-14(21)13(20)12(24-15)7-9-25(2,3)4/h10,12-15,20-21H,2,5-9H2,1,3-4H3,(H,18,22,23)/t12-,13-,14-,15?/m1/s1. The quantitative estimate of drug-likeness (QED) is 0.608. The number of aryl methyl sites for hydroxylation is 1. The summed E-state index contributed by atoms with van der Waals surface area (Å²) in [6.07, 6.45) is 4.93. The number of hydrogen-bond acceptors (Lipinski definition) is 5. The molecule has 0 aromatic carbocycles. The molecule has 7 nitrogen and oxygen atoms in total. The van der Waals surface area contributed by atoms with Gasteiger partial charge in [0, 0.05) is 12.7 Å². The van der Waals surface area contributed by atoms with Gasteiger partial charge in [0.05, 0.1) is 11.7 Å². The van der Waals surface area contributed by atoms with Gasteiger partial charge in [0.15, 0.2) is 0 Å². The zero-order valence-electron chi connectivity index (χ0n) is 15.1. The van der Waals surface area contributed by atoms with Crippen LogP contribution in [0.2, 0.25) is 0 Å². The van der Waals surface area contributed by atoms with Crippen LogP contribution in [0.3, 0.4) is 0 Å². The van der Waals surface area contributed by atoms with Crippen LogP contribution < -0.4 is 11.2 Å². The van der Waals surface area contributed by atoms with Crippen LogP contribution >= 0.6 is 6.89 Å². The van der Waals surface area contributed by atoms with Crippen molar-refractivity contribution in [3.63, 3.8) is 0 Å². The Balaban J connectivity index is 2.24. The van der Waals surface area contributed by atoms with Gasteiger partial charge in [0.2, 0.25) is 0 Å². The van der Waals surface area contributed by atoms with Crippen molar-refractivity contribution in [3.8, 4) is 0 Å². The summed E-state index contributed by atoms with van der Waals surface area (Å²) < 4.78 is 7.22. The second-order valence-electron chi connectivity index (χ2n) is 7.41. The van der Waals surface area contributed by atoms with Crippen LogP contribution in [0.5, 0.6) is 0 Å². The Morgan fingerprint density at radius 2 is 2.00 bits per heavy atom. The van der Waals surface area contributed by atoms with Crippen molar-refractivity contribution in [1.29, 1.82) is 0 Å². The summed E-state index contributed by atoms with van der Waals surface area (Å²) in [5.74, 6) is 0. The third-order valence-electron chi connectivity index (χ3n) is 4.48. The summed E-state index contributed by atoms with van der Waals surface area (Å²) >= 11 is 0. The molecule has 1 aromatic heterocycles. The molecule has 1 aliphatic rings. The first-order valence-electron chi connectivity index (χ1n) is 8.66. The van der Waals surface area contributed by atoms with Gasteiger partial charge in [-0.2, -0.15) is 0 Å². The van der Waals surface area contributed by atoms with Gasteiger partial charge in [-0.05, 0) is 32.3 Å². The van der Waals surface area contributed by atoms with E-state index in [4.69, 9.17) is 4.74 Å². The number of nitrogens with zero attached hydrogens (tertiary/aromatic N) is 1. The first-order valence-corrected chi connectivity index (χ1v) is 11.7. The molecule has 0 amide bonds. The number of aromatic amines is 1. The molecule has 25 heavy (non-hydrogen) atoms. The van der Waals surface area contributed by atoms with Gasteiger partial charge in [-0.3, -0.25) is 9.78 Å². The van der Waals surface area contributed by atoms with Gasteiger partial charge in [0.25, 0.3) is 5.56 Å². The fourth-order valence-corrected chi connectivity index (χ4v) is 3.90. The molecule has 0 radical (unpaired) electrons. The molecule has 3 N–H and O–H groups in total. The van der Waals surface area contributed by atoms with E-state index in [1.165, 1.54) is 10.8 Å². The molecule has 1 aromatic rings. The van der Waals surface area contributed by atoms with Crippen molar-refractivity contribution >= 4 is 13.2 Å². The summed E-state index contributed by atoms with van der Waals surface area (Å²) in [4.78, 5) is 26.3. The lowest BCUT2D eigenvalue weighted by molar-refractivity contribution is 0.00493. The smallest absolute Gasteiger partial charge is 0.328 e. The van der Waals surface area contributed by atoms with E-state index in [0.717, 1.165) is 19.0 Å². The van der Waals surface area contributed by atoms with Crippen LogP contribution in [-0.4, -0.2) is 63.9 Å². The van der Waals surface area contributed by atoms with E-state index in [9.17, 15) is 19.8 Å². The van der Waals surface area contributed by atoms with Crippen LogP contribution in [0.4, 0.5) is 0 Å². The molecule has 1 aliphatic heterocycles. The highest BCUT2D eigenvalue weighted by Crippen LogP contribution is 2.40. The Labute approximate surface area is 147 Å². The first-order chi connectivity index (χ1) is 11.6. The Morgan fingerprint density at radius 3 is 2.60 bits per heavy atom. The molecule has 142 valence electrons. The van der Waals surface area contributed by atoms with Gasteiger partial charge >= 0.3 is 5.69 Å². The number of nitrogens with one attached hydrogen (secondary N) is 1. The molecule has 1 fully saturated rings. The minimum atomic E-state index is -1.28. The maximum atomic E-state index is 12.2. The highest BCUT2D eigenvalue weighted by Gasteiger charge is 2.44. The molecule has 2 rings (SSSR count). The summed E-state index contributed by atoms with van der Waals surface area (Å²) in [7, 11) is 0. The minimum Gasteiger partial charge on any atom is -0.388 e. The fourth-order valence-electron chi connectivity index (χ4n) is 2.94. The van der Waals surface area contributed by atoms with Crippen LogP contribution in [0.1, 0.15) is 37.9 Å². The van der Waals surface area contributed by atoms with Crippen molar-refractivity contribution in [2.45, 2.75) is 57.1 Å². The average molecular weight is 372 g/mol. The molecule has 1 unspecified atom stereocenters. The molecule has 0 saturated carbocycles. The van der Waals surface area contributed by atoms with Gasteiger partial charge < -0.3 is 19.5 Å². The highest BCUT2D eigenvalue weighted by molar-refractivity contribution is 7.72. The molecular weight excluding hydrogens is 343 g/mol. The molecule has 0 bridgehead atoms. The molecule has 8 heteroatoms. The normalized spacial score (nSPS) is 26.9. The van der Waals surface area contributed by atoms with Gasteiger partial charge in [-0.1, -0.05) is 13.3 Å². The molecule has 4 atom stereocenters. The number of aromatic nitrogens is 2. The van der Waals surface area contributed by atoms with Crippen molar-refractivity contribution < 1.29 is 14.9 Å². The number of hydrogen-bond donors (Lipinski definition) is 3. The van der Waals surface area contributed by atoms with E-state index in [-0.39, 0.29) is 5.56 Å². The lowest BCUT2D eigenvalue weighted by Gasteiger charge is -2.18. The lowest BCUT2D eigenvalue weighted by Crippen LogP contribution is -2.35. The number of ether oxygens (including phenoxy) is 1. The van der Waals surface area contributed by atoms with Crippen LogP contribution in [-0.2, 0) is 11.3 Å². The van der Waals surface area contributed by atoms with Crippen LogP contribution in [0.25, 0.3) is 0 Å². The highest BCUT2D eigenvalue weighted by atomic mass is 31.2. The Kier molecular flexibility index (Phi) is 6.49. The summed E-state index contributed by atoms with van der Waals surface area (Å²) in [5.41, 5.74) is -0.886. The predicted molar refractivity (Wildman–Crippen MR) is 101 cm³/mol. The zero-order chi connectivity index (χ0) is 18.8. The Morgan fingerprint density at radius 1 is 1.32 bits per heavy atom. The number of rotatable bonds is 7. The van der Waals surface area contributed by atoms with Gasteiger partial charge in [0.1, 0.15) is 18.3 Å². The molecule has 2 heterocycles. The van der Waals surface area contributed by atoms with Crippen molar-refractivity contribution in [1.82, 2.24) is 9.55 Å². The van der Waals surface area contributed by atoms with E-state index < -0.39 is 42.6 Å². The van der Waals surface area contributed by atoms with Gasteiger partial charge in [-0.25, -0.2) is 4.79 Å². The third-order valence-corrected chi connectivity index (χ3v) is 5.95. The number of unbranched alkanes of at least 4 members (excludes halogenated alkanes) is 1. The number of aliphatic hydroxyl groups excluding tert-OH is 2. The second-order valence-corrected chi connectivity index (χ2v) is 11.7. The maximum Gasteiger partial charge on any atom is 0.328 e. The molecule has 0 spiro atoms. The summed E-state index contributed by atoms with van der Waals surface area (Å²) in [5, 5.41) is 20.6. The molecular formula is C17H29N2O5P. The summed E-state index contributed by atoms with van der Waals surface area (Å²) in [6.45, 7) is 5.40. The summed E-state index contributed by atoms with van der Waals surface area (Å²) in [6, 6.07) is 0. The third kappa shape index (κ3) is 4.94. The van der Waals surface area contributed by atoms with Crippen molar-refractivity contribution in [2.24, 2.45) is 0 Å². The largest absolute Gasteiger partial charge is 0.388 e. The van der Waals surface area contributed by atoms with Gasteiger partial charge in [-0.15, -0.1) is 13.2 Å². The average Bonchev–Trinajstić information content (AvgIpc) is 2.80. The van der Waals surface area contributed by atoms with Crippen molar-refractivity contribution in [2.75, 3.05) is 19.5 Å². The minimum absolute atomic E-state index is 0.174. The topological polar surface area (TPSA) is 105 Å². The van der Waals surface area contributed by atoms with Crippen molar-refractivity contribution in [3.05, 3.63) is 32.6 Å². The van der Waals surface area contributed by atoms with E-state index in [1.807, 2.05) is 6.92 Å². The van der Waals surface area contributed by atoms with Crippen LogP contribution in [0, 0.1) is 0 Å². The lowest BCUT2D eigenvalue weighted by atomic mass is 10.0. The number of aliphatic hydroxyl groups is 2. The van der Waals surface area contributed by atoms with Crippen LogP contribution in [0.15, 0.2) is 15.8 Å².